The number of nitrogens with zero attached hydrogens (tertiary/aromatic N) is 1. The van der Waals surface area contributed by atoms with Crippen molar-refractivity contribution < 1.29 is 33.7 Å². The van der Waals surface area contributed by atoms with E-state index in [9.17, 15) is 19.5 Å². The molecule has 11 heteroatoms. The number of benzene rings is 1. The smallest absolute Gasteiger partial charge is 0.329 e. The number of hydrogen-bond donors (Lipinski definition) is 2. The van der Waals surface area contributed by atoms with Crippen molar-refractivity contribution in [2.45, 2.75) is 18.9 Å². The molecular weight excluding hydrogens is 394 g/mol. The van der Waals surface area contributed by atoms with Crippen LogP contribution in [0.3, 0.4) is 0 Å². The van der Waals surface area contributed by atoms with E-state index in [1.54, 1.807) is 0 Å². The molecule has 0 spiro atoms. The fourth-order valence-corrected chi connectivity index (χ4v) is 2.67. The van der Waals surface area contributed by atoms with Gasteiger partial charge in [-0.05, 0) is 30.5 Å². The molecule has 0 saturated carbocycles. The van der Waals surface area contributed by atoms with Crippen LogP contribution in [0.2, 0.25) is 5.02 Å². The molecule has 1 saturated heterocycles. The fraction of sp³-hybridized carbons (Fsp3) is 0.412. The summed E-state index contributed by atoms with van der Waals surface area (Å²) in [6, 6.07) is 2.88. The molecule has 152 valence electrons. The predicted molar refractivity (Wildman–Crippen MR) is 96.2 cm³/mol. The van der Waals surface area contributed by atoms with Gasteiger partial charge in [-0.2, -0.15) is 5.10 Å². The predicted octanol–water partition coefficient (Wildman–Crippen LogP) is -0.777. The number of aliphatic carboxylic acids is 1. The SMILES string of the molecule is COc1cc(/C=N\NC(=O)C(=O)NC[C@@H]2CCCO2)cc(Cl)c1OCC(=O)[O-]. The Morgan fingerprint density at radius 2 is 2.18 bits per heavy atom. The van der Waals surface area contributed by atoms with Gasteiger partial charge < -0.3 is 29.4 Å². The van der Waals surface area contributed by atoms with E-state index in [-0.39, 0.29) is 29.2 Å². The van der Waals surface area contributed by atoms with Gasteiger partial charge in [0.25, 0.3) is 0 Å². The number of nitrogens with one attached hydrogen (secondary N) is 2. The fourth-order valence-electron chi connectivity index (χ4n) is 2.39. The van der Waals surface area contributed by atoms with Gasteiger partial charge in [-0.1, -0.05) is 11.6 Å². The lowest BCUT2D eigenvalue weighted by atomic mass is 10.2. The van der Waals surface area contributed by atoms with Crippen LogP contribution in [0.5, 0.6) is 11.5 Å². The van der Waals surface area contributed by atoms with Gasteiger partial charge in [0.1, 0.15) is 6.61 Å². The second kappa shape index (κ2) is 10.5. The normalized spacial score (nSPS) is 16.0. The van der Waals surface area contributed by atoms with Gasteiger partial charge in [-0.25, -0.2) is 5.43 Å². The van der Waals surface area contributed by atoms with Crippen LogP contribution >= 0.6 is 11.6 Å². The van der Waals surface area contributed by atoms with E-state index < -0.39 is 24.4 Å². The topological polar surface area (TPSA) is 138 Å². The van der Waals surface area contributed by atoms with Gasteiger partial charge in [0.15, 0.2) is 11.5 Å². The van der Waals surface area contributed by atoms with Crippen LogP contribution in [0.1, 0.15) is 18.4 Å². The van der Waals surface area contributed by atoms with Crippen molar-refractivity contribution in [1.29, 1.82) is 0 Å². The van der Waals surface area contributed by atoms with E-state index in [4.69, 9.17) is 25.8 Å². The third kappa shape index (κ3) is 6.39. The lowest BCUT2D eigenvalue weighted by Gasteiger charge is -2.13. The largest absolute Gasteiger partial charge is 0.546 e. The number of rotatable bonds is 8. The molecule has 28 heavy (non-hydrogen) atoms. The maximum atomic E-state index is 11.7. The van der Waals surface area contributed by atoms with Crippen LogP contribution < -0.4 is 25.3 Å². The molecular formula is C17H19ClN3O7-. The van der Waals surface area contributed by atoms with E-state index in [1.165, 1.54) is 25.5 Å². The number of methoxy groups -OCH3 is 1. The van der Waals surface area contributed by atoms with Crippen LogP contribution in [-0.2, 0) is 19.1 Å². The molecule has 0 unspecified atom stereocenters. The molecule has 1 aliphatic rings. The highest BCUT2D eigenvalue weighted by atomic mass is 35.5. The summed E-state index contributed by atoms with van der Waals surface area (Å²) in [5.74, 6) is -2.97. The number of carbonyl (C=O) groups excluding carboxylic acids is 3. The minimum absolute atomic E-state index is 0.0306. The summed E-state index contributed by atoms with van der Waals surface area (Å²) in [6.07, 6.45) is 2.93. The molecule has 0 radical (unpaired) electrons. The first-order valence-corrected chi connectivity index (χ1v) is 8.71. The van der Waals surface area contributed by atoms with Gasteiger partial charge in [0, 0.05) is 13.2 Å². The third-order valence-electron chi connectivity index (χ3n) is 3.69. The lowest BCUT2D eigenvalue weighted by molar-refractivity contribution is -0.307. The summed E-state index contributed by atoms with van der Waals surface area (Å²) in [4.78, 5) is 33.9. The summed E-state index contributed by atoms with van der Waals surface area (Å²) in [5.41, 5.74) is 2.51. The molecule has 1 heterocycles. The highest BCUT2D eigenvalue weighted by Crippen LogP contribution is 2.35. The summed E-state index contributed by atoms with van der Waals surface area (Å²) in [7, 11) is 1.35. The minimum Gasteiger partial charge on any atom is -0.546 e. The maximum absolute atomic E-state index is 11.7. The lowest BCUT2D eigenvalue weighted by Crippen LogP contribution is -2.41. The Hall–Kier alpha value is -2.85. The molecule has 1 aromatic rings. The molecule has 2 N–H and O–H groups in total. The van der Waals surface area contributed by atoms with Gasteiger partial charge in [0.05, 0.1) is 30.4 Å². The van der Waals surface area contributed by atoms with Gasteiger partial charge in [0.2, 0.25) is 0 Å². The Kier molecular flexibility index (Phi) is 8.02. The molecule has 1 aliphatic heterocycles. The third-order valence-corrected chi connectivity index (χ3v) is 3.97. The maximum Gasteiger partial charge on any atom is 0.329 e. The van der Waals surface area contributed by atoms with Crippen LogP contribution in [-0.4, -0.2) is 57.0 Å². The molecule has 0 bridgehead atoms. The number of amides is 2. The van der Waals surface area contributed by atoms with Crippen LogP contribution in [0.4, 0.5) is 0 Å². The Morgan fingerprint density at radius 1 is 1.39 bits per heavy atom. The van der Waals surface area contributed by atoms with E-state index >= 15 is 0 Å². The minimum atomic E-state index is -1.41. The average Bonchev–Trinajstić information content (AvgIpc) is 3.18. The summed E-state index contributed by atoms with van der Waals surface area (Å²) in [5, 5.41) is 16.7. The van der Waals surface area contributed by atoms with Crippen molar-refractivity contribution in [3.8, 4) is 11.5 Å². The first kappa shape index (κ1) is 21.5. The molecule has 10 nitrogen and oxygen atoms in total. The van der Waals surface area contributed by atoms with E-state index in [2.05, 4.69) is 15.8 Å². The highest BCUT2D eigenvalue weighted by Gasteiger charge is 2.19. The van der Waals surface area contributed by atoms with Crippen LogP contribution in [0.25, 0.3) is 0 Å². The van der Waals surface area contributed by atoms with Crippen molar-refractivity contribution in [1.82, 2.24) is 10.7 Å². The molecule has 1 atom stereocenters. The van der Waals surface area contributed by atoms with E-state index in [0.717, 1.165) is 12.8 Å². The number of halogens is 1. The summed E-state index contributed by atoms with van der Waals surface area (Å²) in [6.45, 7) is 0.219. The Labute approximate surface area is 165 Å². The quantitative estimate of drug-likeness (QED) is 0.324. The van der Waals surface area contributed by atoms with Crippen molar-refractivity contribution in [2.24, 2.45) is 5.10 Å². The summed E-state index contributed by atoms with van der Waals surface area (Å²) < 4.78 is 15.5. The molecule has 2 rings (SSSR count). The van der Waals surface area contributed by atoms with Gasteiger partial charge in [-0.15, -0.1) is 0 Å². The zero-order chi connectivity index (χ0) is 20.5. The number of carboxylic acid groups (broad SMARTS) is 1. The highest BCUT2D eigenvalue weighted by molar-refractivity contribution is 6.35. The molecule has 2 amide bonds. The van der Waals surface area contributed by atoms with Crippen LogP contribution in [0.15, 0.2) is 17.2 Å². The Morgan fingerprint density at radius 3 is 2.82 bits per heavy atom. The number of hydrazone groups is 1. The number of carbonyl (C=O) groups is 3. The average molecular weight is 413 g/mol. The van der Waals surface area contributed by atoms with Crippen molar-refractivity contribution in [3.05, 3.63) is 22.7 Å². The molecule has 1 fully saturated rings. The first-order chi connectivity index (χ1) is 13.4. The monoisotopic (exact) mass is 412 g/mol. The van der Waals surface area contributed by atoms with Crippen molar-refractivity contribution in [3.63, 3.8) is 0 Å². The second-order valence-corrected chi connectivity index (χ2v) is 6.15. The van der Waals surface area contributed by atoms with Crippen molar-refractivity contribution in [2.75, 3.05) is 26.9 Å². The molecule has 0 aliphatic carbocycles. The standard InChI is InChI=1S/C17H20ClN3O7/c1-26-13-6-10(5-12(18)15(13)28-9-14(22)23)7-20-21-17(25)16(24)19-8-11-3-2-4-27-11/h5-7,11H,2-4,8-9H2,1H3,(H,19,24)(H,21,25)(H,22,23)/p-1/b20-7-/t11-/m0/s1. The molecule has 1 aromatic carbocycles. The Bertz CT molecular complexity index is 763. The summed E-state index contributed by atoms with van der Waals surface area (Å²) >= 11 is 6.05. The number of carboxylic acids is 1. The van der Waals surface area contributed by atoms with Gasteiger partial charge in [-0.3, -0.25) is 9.59 Å². The first-order valence-electron chi connectivity index (χ1n) is 8.33. The molecule has 0 aromatic heterocycles. The number of hydrogen-bond acceptors (Lipinski definition) is 8. The number of ether oxygens (including phenoxy) is 3. The second-order valence-electron chi connectivity index (χ2n) is 5.74. The van der Waals surface area contributed by atoms with Crippen LogP contribution in [0, 0.1) is 0 Å². The zero-order valence-corrected chi connectivity index (χ0v) is 15.8. The van der Waals surface area contributed by atoms with E-state index in [1.807, 2.05) is 0 Å². The zero-order valence-electron chi connectivity index (χ0n) is 15.0. The Balaban J connectivity index is 1.91. The van der Waals surface area contributed by atoms with Gasteiger partial charge >= 0.3 is 11.8 Å². The van der Waals surface area contributed by atoms with E-state index in [0.29, 0.717) is 12.2 Å². The van der Waals surface area contributed by atoms with Crippen molar-refractivity contribution >= 4 is 35.6 Å².